The molecular weight excluding hydrogens is 368 g/mol. The molecule has 3 heterocycles. The molecule has 10 heteroatoms. The second kappa shape index (κ2) is 8.07. The number of aromatic nitrogens is 1. The number of hydrogen-bond acceptors (Lipinski definition) is 6. The fourth-order valence-electron chi connectivity index (χ4n) is 3.11. The van der Waals surface area contributed by atoms with E-state index in [1.165, 1.54) is 23.9 Å². The Morgan fingerprint density at radius 1 is 1.18 bits per heavy atom. The molecule has 0 radical (unpaired) electrons. The molecule has 0 aliphatic carbocycles. The van der Waals surface area contributed by atoms with Crippen LogP contribution in [0.25, 0.3) is 0 Å². The lowest BCUT2D eigenvalue weighted by Crippen LogP contribution is -2.33. The van der Waals surface area contributed by atoms with Crippen LogP contribution < -0.4 is 10.9 Å². The zero-order valence-electron chi connectivity index (χ0n) is 15.3. The highest BCUT2D eigenvalue weighted by molar-refractivity contribution is 6.03. The average molecular weight is 388 g/mol. The first-order valence-corrected chi connectivity index (χ1v) is 8.92. The number of carbonyl (C=O) groups is 2. The molecule has 0 spiro atoms. The van der Waals surface area contributed by atoms with Crippen LogP contribution in [0.3, 0.4) is 0 Å². The summed E-state index contributed by atoms with van der Waals surface area (Å²) < 4.78 is 6.05. The van der Waals surface area contributed by atoms with Crippen molar-refractivity contribution in [3.63, 3.8) is 0 Å². The topological polar surface area (TPSA) is 128 Å². The summed E-state index contributed by atoms with van der Waals surface area (Å²) in [6, 6.07) is 3.52. The fraction of sp³-hybridized carbons (Fsp3) is 0.389. The first kappa shape index (κ1) is 19.3. The normalized spacial score (nSPS) is 14.4. The van der Waals surface area contributed by atoms with E-state index < -0.39 is 22.3 Å². The fourth-order valence-corrected chi connectivity index (χ4v) is 3.11. The van der Waals surface area contributed by atoms with Crippen molar-refractivity contribution in [1.82, 2.24) is 9.47 Å². The molecule has 1 aliphatic heterocycles. The van der Waals surface area contributed by atoms with Gasteiger partial charge in [-0.15, -0.1) is 0 Å². The Bertz CT molecular complexity index is 969. The third kappa shape index (κ3) is 4.11. The van der Waals surface area contributed by atoms with Gasteiger partial charge in [-0.25, -0.2) is 0 Å². The summed E-state index contributed by atoms with van der Waals surface area (Å²) in [7, 11) is 1.48. The van der Waals surface area contributed by atoms with Crippen molar-refractivity contribution in [1.29, 1.82) is 0 Å². The van der Waals surface area contributed by atoms with Gasteiger partial charge in [0.05, 0.1) is 11.6 Å². The van der Waals surface area contributed by atoms with E-state index in [4.69, 9.17) is 4.42 Å². The Kier molecular flexibility index (Phi) is 5.57. The van der Waals surface area contributed by atoms with Gasteiger partial charge in [-0.3, -0.25) is 24.5 Å². The molecule has 10 nitrogen and oxygen atoms in total. The summed E-state index contributed by atoms with van der Waals surface area (Å²) in [6.07, 6.45) is 5.45. The molecule has 2 aromatic heterocycles. The number of hydrogen-bond donors (Lipinski definition) is 1. The minimum Gasteiger partial charge on any atom is -0.395 e. The van der Waals surface area contributed by atoms with Crippen LogP contribution in [0.2, 0.25) is 0 Å². The quantitative estimate of drug-likeness (QED) is 0.631. The van der Waals surface area contributed by atoms with Gasteiger partial charge in [-0.1, -0.05) is 12.8 Å². The largest absolute Gasteiger partial charge is 0.433 e. The van der Waals surface area contributed by atoms with Crippen molar-refractivity contribution in [3.8, 4) is 0 Å². The van der Waals surface area contributed by atoms with Crippen LogP contribution in [0.1, 0.15) is 46.6 Å². The molecule has 28 heavy (non-hydrogen) atoms. The third-order valence-corrected chi connectivity index (χ3v) is 4.57. The molecule has 0 bridgehead atoms. The predicted molar refractivity (Wildman–Crippen MR) is 99.4 cm³/mol. The molecule has 2 aromatic rings. The van der Waals surface area contributed by atoms with Crippen LogP contribution in [0.15, 0.2) is 33.6 Å². The number of nitro groups is 1. The number of anilines is 1. The first-order valence-electron chi connectivity index (χ1n) is 8.92. The predicted octanol–water partition coefficient (Wildman–Crippen LogP) is 2.16. The second-order valence-electron chi connectivity index (χ2n) is 6.61. The summed E-state index contributed by atoms with van der Waals surface area (Å²) in [4.78, 5) is 49.1. The lowest BCUT2D eigenvalue weighted by molar-refractivity contribution is -0.402. The van der Waals surface area contributed by atoms with Crippen molar-refractivity contribution >= 4 is 23.4 Å². The summed E-state index contributed by atoms with van der Waals surface area (Å²) in [6.45, 7) is 1.30. The number of pyridine rings is 1. The van der Waals surface area contributed by atoms with Crippen LogP contribution in [0.4, 0.5) is 11.6 Å². The third-order valence-electron chi connectivity index (χ3n) is 4.57. The van der Waals surface area contributed by atoms with Crippen LogP contribution in [-0.4, -0.2) is 39.3 Å². The number of furan rings is 1. The van der Waals surface area contributed by atoms with E-state index in [-0.39, 0.29) is 22.9 Å². The summed E-state index contributed by atoms with van der Waals surface area (Å²) in [5, 5.41) is 13.0. The van der Waals surface area contributed by atoms with E-state index in [0.717, 1.165) is 37.8 Å². The Morgan fingerprint density at radius 2 is 1.86 bits per heavy atom. The molecular formula is C18H20N4O6. The maximum absolute atomic E-state index is 12.8. The number of nitrogens with one attached hydrogen (secondary N) is 1. The van der Waals surface area contributed by atoms with Gasteiger partial charge in [0, 0.05) is 26.3 Å². The lowest BCUT2D eigenvalue weighted by Gasteiger charge is -2.21. The molecule has 3 rings (SSSR count). The van der Waals surface area contributed by atoms with Gasteiger partial charge in [0.2, 0.25) is 0 Å². The van der Waals surface area contributed by atoms with Crippen molar-refractivity contribution in [2.45, 2.75) is 25.7 Å². The van der Waals surface area contributed by atoms with E-state index >= 15 is 0 Å². The Morgan fingerprint density at radius 3 is 2.46 bits per heavy atom. The lowest BCUT2D eigenvalue weighted by atomic mass is 10.2. The summed E-state index contributed by atoms with van der Waals surface area (Å²) in [5.74, 6) is -1.91. The summed E-state index contributed by atoms with van der Waals surface area (Å²) >= 11 is 0. The maximum atomic E-state index is 12.8. The van der Waals surface area contributed by atoms with E-state index in [2.05, 4.69) is 5.32 Å². The van der Waals surface area contributed by atoms with Crippen LogP contribution >= 0.6 is 0 Å². The zero-order valence-corrected chi connectivity index (χ0v) is 15.3. The molecule has 1 aliphatic rings. The zero-order chi connectivity index (χ0) is 20.3. The minimum atomic E-state index is -0.815. The number of likely N-dealkylation sites (tertiary alicyclic amines) is 1. The smallest absolute Gasteiger partial charge is 0.395 e. The molecule has 0 atom stereocenters. The molecule has 2 amide bonds. The van der Waals surface area contributed by atoms with Crippen LogP contribution in [0, 0.1) is 10.1 Å². The van der Waals surface area contributed by atoms with E-state index in [1.54, 1.807) is 4.90 Å². The van der Waals surface area contributed by atoms with Crippen LogP contribution in [0.5, 0.6) is 0 Å². The molecule has 0 unspecified atom stereocenters. The van der Waals surface area contributed by atoms with Gasteiger partial charge in [0.15, 0.2) is 5.76 Å². The molecule has 0 aromatic carbocycles. The number of rotatable bonds is 4. The van der Waals surface area contributed by atoms with E-state index in [9.17, 15) is 24.5 Å². The average Bonchev–Trinajstić information content (AvgIpc) is 3.01. The highest BCUT2D eigenvalue weighted by Gasteiger charge is 2.22. The van der Waals surface area contributed by atoms with Gasteiger partial charge in [-0.2, -0.15) is 0 Å². The molecule has 1 saturated heterocycles. The second-order valence-corrected chi connectivity index (χ2v) is 6.61. The number of nitrogens with zero attached hydrogens (tertiary/aromatic N) is 3. The van der Waals surface area contributed by atoms with Crippen LogP contribution in [-0.2, 0) is 7.05 Å². The maximum Gasteiger partial charge on any atom is 0.433 e. The molecule has 148 valence electrons. The number of aryl methyl sites for hydroxylation is 1. The van der Waals surface area contributed by atoms with E-state index in [1.807, 2.05) is 0 Å². The molecule has 0 saturated carbocycles. The minimum absolute atomic E-state index is 0.104. The highest BCUT2D eigenvalue weighted by atomic mass is 16.6. The monoisotopic (exact) mass is 388 g/mol. The Balaban J connectivity index is 1.84. The van der Waals surface area contributed by atoms with Crippen molar-refractivity contribution in [3.05, 3.63) is 56.2 Å². The van der Waals surface area contributed by atoms with Gasteiger partial charge in [-0.05, 0) is 25.0 Å². The molecule has 1 fully saturated rings. The Labute approximate surface area is 159 Å². The van der Waals surface area contributed by atoms with Gasteiger partial charge in [0.1, 0.15) is 10.6 Å². The van der Waals surface area contributed by atoms with E-state index in [0.29, 0.717) is 13.1 Å². The standard InChI is InChI=1S/C18H20N4O6/c1-20-11-12(17(24)21-8-4-2-3-5-9-21)10-13(18(20)25)19-16(23)14-6-7-15(28-14)22(26)27/h6-7,10-11H,2-5,8-9H2,1H3,(H,19,23). The molecule has 1 N–H and O–H groups in total. The van der Waals surface area contributed by atoms with Gasteiger partial charge < -0.3 is 19.2 Å². The number of carbonyl (C=O) groups excluding carboxylic acids is 2. The first-order chi connectivity index (χ1) is 13.4. The van der Waals surface area contributed by atoms with Crippen molar-refractivity contribution in [2.75, 3.05) is 18.4 Å². The van der Waals surface area contributed by atoms with Crippen molar-refractivity contribution < 1.29 is 18.9 Å². The number of amides is 2. The highest BCUT2D eigenvalue weighted by Crippen LogP contribution is 2.18. The van der Waals surface area contributed by atoms with Gasteiger partial charge >= 0.3 is 5.88 Å². The van der Waals surface area contributed by atoms with Crippen molar-refractivity contribution in [2.24, 2.45) is 7.05 Å². The Hall–Kier alpha value is -3.43. The van der Waals surface area contributed by atoms with Gasteiger partial charge in [0.25, 0.3) is 17.4 Å². The SMILES string of the molecule is Cn1cc(C(=O)N2CCCCCC2)cc(NC(=O)c2ccc([N+](=O)[O-])o2)c1=O. The summed E-state index contributed by atoms with van der Waals surface area (Å²) in [5.41, 5.74) is -0.334.